The number of nitrogens with one attached hydrogen (secondary N) is 2. The van der Waals surface area contributed by atoms with Crippen molar-refractivity contribution in [2.45, 2.75) is 18.9 Å². The van der Waals surface area contributed by atoms with Crippen molar-refractivity contribution in [3.63, 3.8) is 0 Å². The molecule has 1 aliphatic heterocycles. The molecule has 8 heteroatoms. The van der Waals surface area contributed by atoms with Gasteiger partial charge in [0.05, 0.1) is 16.9 Å². The minimum absolute atomic E-state index is 0.0294. The van der Waals surface area contributed by atoms with Crippen molar-refractivity contribution in [2.75, 3.05) is 5.32 Å². The second kappa shape index (κ2) is 7.22. The minimum atomic E-state index is -0.912. The van der Waals surface area contributed by atoms with Crippen LogP contribution in [0.25, 0.3) is 23.1 Å². The average molecular weight is 383 g/mol. The molecule has 1 aliphatic rings. The fourth-order valence-electron chi connectivity index (χ4n) is 2.95. The molecule has 4 rings (SSSR count). The van der Waals surface area contributed by atoms with E-state index in [1.807, 2.05) is 0 Å². The number of hydrogen-bond acceptors (Lipinski definition) is 4. The van der Waals surface area contributed by atoms with Gasteiger partial charge in [-0.1, -0.05) is 18.2 Å². The van der Waals surface area contributed by atoms with E-state index < -0.39 is 23.8 Å². The number of anilines is 1. The Balaban J connectivity index is 1.59. The van der Waals surface area contributed by atoms with Crippen molar-refractivity contribution < 1.29 is 23.1 Å². The summed E-state index contributed by atoms with van der Waals surface area (Å²) in [6.45, 7) is 0. The molecule has 142 valence electrons. The van der Waals surface area contributed by atoms with Gasteiger partial charge in [-0.2, -0.15) is 5.10 Å². The second-order valence-electron chi connectivity index (χ2n) is 6.38. The van der Waals surface area contributed by atoms with Crippen molar-refractivity contribution in [3.8, 4) is 0 Å². The van der Waals surface area contributed by atoms with Gasteiger partial charge in [0, 0.05) is 24.3 Å². The van der Waals surface area contributed by atoms with Gasteiger partial charge in [0.25, 0.3) is 5.91 Å². The van der Waals surface area contributed by atoms with Crippen molar-refractivity contribution in [2.24, 2.45) is 0 Å². The smallest absolute Gasteiger partial charge is 0.306 e. The van der Waals surface area contributed by atoms with Crippen LogP contribution in [0.1, 0.15) is 24.1 Å². The van der Waals surface area contributed by atoms with Crippen LogP contribution < -0.4 is 5.32 Å². The maximum absolute atomic E-state index is 14.3. The number of esters is 1. The standard InChI is InChI=1S/C20H15F2N3O3/c21-12-4-1-11(2-5-12)3-6-15-13-9-17(14(22)10-16(13)25-24-15)23-20(27)18-7-8-19(26)28-18/h1-6,9-10,18H,7-8H2,(H,23,27)(H,24,25). The molecular weight excluding hydrogens is 368 g/mol. The van der Waals surface area contributed by atoms with E-state index in [1.165, 1.54) is 24.3 Å². The molecule has 2 heterocycles. The number of aromatic nitrogens is 2. The molecule has 3 aromatic rings. The SMILES string of the molecule is O=C1CCC(C(=O)Nc2cc3c(C=Cc4ccc(F)cc4)n[nH]c3cc2F)O1. The lowest BCUT2D eigenvalue weighted by molar-refractivity contribution is -0.146. The number of H-pyrrole nitrogens is 1. The number of amides is 1. The zero-order chi connectivity index (χ0) is 19.7. The van der Waals surface area contributed by atoms with Crippen LogP contribution in [-0.2, 0) is 14.3 Å². The summed E-state index contributed by atoms with van der Waals surface area (Å²) >= 11 is 0. The maximum atomic E-state index is 14.3. The van der Waals surface area contributed by atoms with Gasteiger partial charge in [0.2, 0.25) is 0 Å². The molecule has 0 bridgehead atoms. The first-order valence-electron chi connectivity index (χ1n) is 8.61. The summed E-state index contributed by atoms with van der Waals surface area (Å²) in [6, 6.07) is 8.63. The van der Waals surface area contributed by atoms with Crippen LogP contribution in [0.2, 0.25) is 0 Å². The first-order valence-corrected chi connectivity index (χ1v) is 8.61. The van der Waals surface area contributed by atoms with Gasteiger partial charge in [0.1, 0.15) is 11.6 Å². The summed E-state index contributed by atoms with van der Waals surface area (Å²) in [7, 11) is 0. The maximum Gasteiger partial charge on any atom is 0.306 e. The van der Waals surface area contributed by atoms with Gasteiger partial charge in [-0.25, -0.2) is 8.78 Å². The summed E-state index contributed by atoms with van der Waals surface area (Å²) in [4.78, 5) is 23.3. The van der Waals surface area contributed by atoms with E-state index in [9.17, 15) is 18.4 Å². The number of carbonyl (C=O) groups excluding carboxylic acids is 2. The van der Waals surface area contributed by atoms with Gasteiger partial charge in [0.15, 0.2) is 6.10 Å². The van der Waals surface area contributed by atoms with Crippen molar-refractivity contribution in [1.29, 1.82) is 0 Å². The molecular formula is C20H15F2N3O3. The van der Waals surface area contributed by atoms with Gasteiger partial charge in [-0.05, 0) is 29.8 Å². The number of aromatic amines is 1. The fourth-order valence-corrected chi connectivity index (χ4v) is 2.95. The normalized spacial score (nSPS) is 16.6. The molecule has 1 atom stereocenters. The van der Waals surface area contributed by atoms with Gasteiger partial charge < -0.3 is 10.1 Å². The zero-order valence-corrected chi connectivity index (χ0v) is 14.5. The third-order valence-electron chi connectivity index (χ3n) is 4.42. The van der Waals surface area contributed by atoms with E-state index in [2.05, 4.69) is 15.5 Å². The van der Waals surface area contributed by atoms with Crippen LogP contribution in [0.4, 0.5) is 14.5 Å². The van der Waals surface area contributed by atoms with Gasteiger partial charge >= 0.3 is 5.97 Å². The third kappa shape index (κ3) is 3.62. The van der Waals surface area contributed by atoms with E-state index >= 15 is 0 Å². The van der Waals surface area contributed by atoms with Gasteiger partial charge in [-0.15, -0.1) is 0 Å². The molecule has 2 N–H and O–H groups in total. The van der Waals surface area contributed by atoms with Crippen molar-refractivity contribution >= 4 is 40.6 Å². The number of cyclic esters (lactones) is 1. The van der Waals surface area contributed by atoms with E-state index in [0.29, 0.717) is 16.6 Å². The number of hydrogen-bond donors (Lipinski definition) is 2. The van der Waals surface area contributed by atoms with Crippen molar-refractivity contribution in [1.82, 2.24) is 10.2 Å². The highest BCUT2D eigenvalue weighted by atomic mass is 19.1. The molecule has 1 saturated heterocycles. The molecule has 0 saturated carbocycles. The Bertz CT molecular complexity index is 1090. The number of rotatable bonds is 4. The highest BCUT2D eigenvalue weighted by molar-refractivity contribution is 5.99. The number of ether oxygens (including phenoxy) is 1. The number of nitrogens with zero attached hydrogens (tertiary/aromatic N) is 1. The van der Waals surface area contributed by atoms with Crippen LogP contribution in [0.15, 0.2) is 36.4 Å². The monoisotopic (exact) mass is 383 g/mol. The molecule has 2 aromatic carbocycles. The molecule has 1 fully saturated rings. The van der Waals surface area contributed by atoms with Crippen LogP contribution in [0.5, 0.6) is 0 Å². The lowest BCUT2D eigenvalue weighted by Gasteiger charge is -2.11. The number of fused-ring (bicyclic) bond motifs is 1. The number of halogens is 2. The van der Waals surface area contributed by atoms with Crippen LogP contribution >= 0.6 is 0 Å². The van der Waals surface area contributed by atoms with Gasteiger partial charge in [-0.3, -0.25) is 14.7 Å². The fraction of sp³-hybridized carbons (Fsp3) is 0.150. The summed E-state index contributed by atoms with van der Waals surface area (Å²) in [5.41, 5.74) is 1.73. The minimum Gasteiger partial charge on any atom is -0.452 e. The summed E-state index contributed by atoms with van der Waals surface area (Å²) in [5, 5.41) is 9.93. The largest absolute Gasteiger partial charge is 0.452 e. The molecule has 0 aliphatic carbocycles. The molecule has 1 unspecified atom stereocenters. The predicted molar refractivity (Wildman–Crippen MR) is 99.1 cm³/mol. The molecule has 0 radical (unpaired) electrons. The lowest BCUT2D eigenvalue weighted by atomic mass is 10.1. The lowest BCUT2D eigenvalue weighted by Crippen LogP contribution is -2.27. The topological polar surface area (TPSA) is 84.1 Å². The Morgan fingerprint density at radius 2 is 2.00 bits per heavy atom. The van der Waals surface area contributed by atoms with E-state index in [-0.39, 0.29) is 24.3 Å². The Kier molecular flexibility index (Phi) is 4.60. The van der Waals surface area contributed by atoms with E-state index in [4.69, 9.17) is 4.74 Å². The van der Waals surface area contributed by atoms with E-state index in [0.717, 1.165) is 5.56 Å². The molecule has 6 nitrogen and oxygen atoms in total. The number of benzene rings is 2. The molecule has 28 heavy (non-hydrogen) atoms. The first-order chi connectivity index (χ1) is 13.5. The third-order valence-corrected chi connectivity index (χ3v) is 4.42. The summed E-state index contributed by atoms with van der Waals surface area (Å²) in [6.07, 6.45) is 2.97. The van der Waals surface area contributed by atoms with Crippen LogP contribution in [-0.4, -0.2) is 28.2 Å². The Hall–Kier alpha value is -3.55. The Labute approximate surface area is 158 Å². The second-order valence-corrected chi connectivity index (χ2v) is 6.38. The van der Waals surface area contributed by atoms with E-state index in [1.54, 1.807) is 24.3 Å². The zero-order valence-electron chi connectivity index (χ0n) is 14.5. The van der Waals surface area contributed by atoms with Crippen LogP contribution in [0.3, 0.4) is 0 Å². The predicted octanol–water partition coefficient (Wildman–Crippen LogP) is 3.66. The Morgan fingerprint density at radius 3 is 2.71 bits per heavy atom. The summed E-state index contributed by atoms with van der Waals surface area (Å²) in [5.74, 6) is -1.98. The first kappa shape index (κ1) is 17.8. The quantitative estimate of drug-likeness (QED) is 0.674. The van der Waals surface area contributed by atoms with Crippen LogP contribution in [0, 0.1) is 11.6 Å². The summed E-state index contributed by atoms with van der Waals surface area (Å²) < 4.78 is 32.2. The molecule has 0 spiro atoms. The van der Waals surface area contributed by atoms with Crippen molar-refractivity contribution in [3.05, 3.63) is 59.3 Å². The molecule has 1 amide bonds. The average Bonchev–Trinajstić information content (AvgIpc) is 3.28. The highest BCUT2D eigenvalue weighted by Crippen LogP contribution is 2.26. The molecule has 1 aromatic heterocycles. The Morgan fingerprint density at radius 1 is 1.21 bits per heavy atom. The highest BCUT2D eigenvalue weighted by Gasteiger charge is 2.30. The number of carbonyl (C=O) groups is 2.